The van der Waals surface area contributed by atoms with Crippen LogP contribution in [0, 0.1) is 0 Å². The number of benzene rings is 4. The zero-order valence-corrected chi connectivity index (χ0v) is 25.0. The first-order valence-corrected chi connectivity index (χ1v) is 14.9. The zero-order valence-electron chi connectivity index (χ0n) is 25.0. The Balaban J connectivity index is 1.35. The molecule has 0 saturated carbocycles. The molecule has 0 radical (unpaired) electrons. The minimum Gasteiger partial charge on any atom is -0.381 e. The Kier molecular flexibility index (Phi) is 10.8. The van der Waals surface area contributed by atoms with Gasteiger partial charge in [-0.15, -0.1) is 0 Å². The topological polar surface area (TPSA) is 66.4 Å². The smallest absolute Gasteiger partial charge is 0.150 e. The first kappa shape index (κ1) is 31.1. The molecule has 0 spiro atoms. The Morgan fingerprint density at radius 2 is 0.977 bits per heavy atom. The quantitative estimate of drug-likeness (QED) is 0.163. The maximum absolute atomic E-state index is 12.6. The third-order valence-electron chi connectivity index (χ3n) is 8.02. The molecular weight excluding hydrogens is 540 g/mol. The first-order chi connectivity index (χ1) is 21.0. The molecule has 1 saturated heterocycles. The van der Waals surface area contributed by atoms with E-state index in [0.29, 0.717) is 26.4 Å². The Hall–Kier alpha value is -3.36. The number of rotatable bonds is 16. The molecule has 1 aliphatic rings. The largest absolute Gasteiger partial charge is 0.381 e. The molecule has 1 N–H and O–H groups in total. The van der Waals surface area contributed by atoms with E-state index < -0.39 is 29.5 Å². The Morgan fingerprint density at radius 3 is 1.42 bits per heavy atom. The van der Waals surface area contributed by atoms with Crippen molar-refractivity contribution in [1.82, 2.24) is 0 Å². The highest BCUT2D eigenvalue weighted by atomic mass is 16.6. The van der Waals surface area contributed by atoms with Crippen molar-refractivity contribution >= 4 is 0 Å². The van der Waals surface area contributed by atoms with E-state index in [0.717, 1.165) is 22.3 Å². The minimum absolute atomic E-state index is 0.178. The summed E-state index contributed by atoms with van der Waals surface area (Å²) in [5.74, 6) is 0. The van der Waals surface area contributed by atoms with E-state index in [-0.39, 0.29) is 13.2 Å². The lowest BCUT2D eigenvalue weighted by atomic mass is 9.69. The highest BCUT2D eigenvalue weighted by Crippen LogP contribution is 2.48. The maximum Gasteiger partial charge on any atom is 0.150 e. The summed E-state index contributed by atoms with van der Waals surface area (Å²) in [6.07, 6.45) is -1.95. The summed E-state index contributed by atoms with van der Waals surface area (Å²) in [7, 11) is 0. The highest BCUT2D eigenvalue weighted by Gasteiger charge is 2.68. The van der Waals surface area contributed by atoms with Gasteiger partial charge in [-0.2, -0.15) is 0 Å². The molecule has 5 rings (SSSR count). The van der Waals surface area contributed by atoms with Crippen molar-refractivity contribution < 1.29 is 28.8 Å². The van der Waals surface area contributed by atoms with Gasteiger partial charge in [-0.05, 0) is 36.1 Å². The highest BCUT2D eigenvalue weighted by molar-refractivity contribution is 5.20. The molecule has 4 aromatic carbocycles. The standard InChI is InChI=1S/C37H42O6/c1-36(2)37(38,34(42-26-32-21-13-6-14-22-32)28-40-24-30-17-9-4-10-18-30)35(43-36)33(41-25-31-19-11-5-12-20-31)27-39-23-29-15-7-3-8-16-29/h3-22,33-35,38H,23-28H2,1-2H3/t33-,34-,35+,37-/m0/s1. The van der Waals surface area contributed by atoms with E-state index >= 15 is 0 Å². The average Bonchev–Trinajstić information content (AvgIpc) is 3.05. The van der Waals surface area contributed by atoms with Crippen LogP contribution in [0.2, 0.25) is 0 Å². The van der Waals surface area contributed by atoms with Crippen LogP contribution in [-0.4, -0.2) is 47.8 Å². The minimum atomic E-state index is -1.42. The van der Waals surface area contributed by atoms with E-state index in [9.17, 15) is 5.11 Å². The van der Waals surface area contributed by atoms with Gasteiger partial charge >= 0.3 is 0 Å². The van der Waals surface area contributed by atoms with Gasteiger partial charge in [-0.25, -0.2) is 0 Å². The van der Waals surface area contributed by atoms with Crippen molar-refractivity contribution in [2.24, 2.45) is 0 Å². The van der Waals surface area contributed by atoms with Crippen molar-refractivity contribution in [2.75, 3.05) is 13.2 Å². The molecule has 0 unspecified atom stereocenters. The first-order valence-electron chi connectivity index (χ1n) is 14.9. The van der Waals surface area contributed by atoms with E-state index in [1.54, 1.807) is 0 Å². The fourth-order valence-corrected chi connectivity index (χ4v) is 5.52. The predicted molar refractivity (Wildman–Crippen MR) is 166 cm³/mol. The van der Waals surface area contributed by atoms with Gasteiger partial charge in [0.15, 0.2) is 0 Å². The summed E-state index contributed by atoms with van der Waals surface area (Å²) >= 11 is 0. The van der Waals surface area contributed by atoms with Crippen LogP contribution in [-0.2, 0) is 50.1 Å². The molecule has 1 heterocycles. The molecule has 1 fully saturated rings. The summed E-state index contributed by atoms with van der Waals surface area (Å²) in [6.45, 7) is 5.70. The van der Waals surface area contributed by atoms with E-state index in [1.807, 2.05) is 135 Å². The molecule has 6 heteroatoms. The van der Waals surface area contributed by atoms with Crippen molar-refractivity contribution in [3.63, 3.8) is 0 Å². The monoisotopic (exact) mass is 582 g/mol. The second-order valence-electron chi connectivity index (χ2n) is 11.5. The summed E-state index contributed by atoms with van der Waals surface area (Å²) in [5.41, 5.74) is 1.82. The summed E-state index contributed by atoms with van der Waals surface area (Å²) in [5, 5.41) is 12.6. The number of aliphatic hydroxyl groups is 1. The summed E-state index contributed by atoms with van der Waals surface area (Å²) in [4.78, 5) is 0. The summed E-state index contributed by atoms with van der Waals surface area (Å²) < 4.78 is 31.6. The normalized spacial score (nSPS) is 20.7. The van der Waals surface area contributed by atoms with Gasteiger partial charge < -0.3 is 28.8 Å². The number of hydrogen-bond donors (Lipinski definition) is 1. The average molecular weight is 583 g/mol. The third kappa shape index (κ3) is 7.98. The molecule has 6 nitrogen and oxygen atoms in total. The van der Waals surface area contributed by atoms with Gasteiger partial charge in [0.05, 0.1) is 45.2 Å². The van der Waals surface area contributed by atoms with Crippen LogP contribution in [0.1, 0.15) is 36.1 Å². The predicted octanol–water partition coefficient (Wildman–Crippen LogP) is 6.50. The fourth-order valence-electron chi connectivity index (χ4n) is 5.52. The van der Waals surface area contributed by atoms with Gasteiger partial charge in [-0.3, -0.25) is 0 Å². The van der Waals surface area contributed by atoms with Crippen molar-refractivity contribution in [2.45, 2.75) is 69.8 Å². The van der Waals surface area contributed by atoms with Crippen molar-refractivity contribution in [3.05, 3.63) is 144 Å². The van der Waals surface area contributed by atoms with Crippen LogP contribution in [0.3, 0.4) is 0 Å². The molecule has 43 heavy (non-hydrogen) atoms. The van der Waals surface area contributed by atoms with Gasteiger partial charge in [0.25, 0.3) is 0 Å². The lowest BCUT2D eigenvalue weighted by molar-refractivity contribution is -0.395. The molecule has 4 atom stereocenters. The molecule has 0 aromatic heterocycles. The van der Waals surface area contributed by atoms with Gasteiger partial charge in [0, 0.05) is 0 Å². The second-order valence-corrected chi connectivity index (χ2v) is 11.5. The van der Waals surface area contributed by atoms with Crippen molar-refractivity contribution in [1.29, 1.82) is 0 Å². The third-order valence-corrected chi connectivity index (χ3v) is 8.02. The molecular formula is C37H42O6. The molecule has 0 aliphatic carbocycles. The number of ether oxygens (including phenoxy) is 5. The Labute approximate surface area is 255 Å². The van der Waals surface area contributed by atoms with E-state index in [1.165, 1.54) is 0 Å². The van der Waals surface area contributed by atoms with Gasteiger partial charge in [0.1, 0.15) is 23.9 Å². The van der Waals surface area contributed by atoms with Crippen LogP contribution in [0.15, 0.2) is 121 Å². The Morgan fingerprint density at radius 1 is 0.581 bits per heavy atom. The number of hydrogen-bond acceptors (Lipinski definition) is 6. The molecule has 0 amide bonds. The molecule has 1 aliphatic heterocycles. The van der Waals surface area contributed by atoms with E-state index in [2.05, 4.69) is 0 Å². The molecule has 4 aromatic rings. The van der Waals surface area contributed by atoms with Gasteiger partial charge in [-0.1, -0.05) is 121 Å². The zero-order chi connectivity index (χ0) is 30.0. The molecule has 226 valence electrons. The van der Waals surface area contributed by atoms with Crippen LogP contribution in [0.4, 0.5) is 0 Å². The van der Waals surface area contributed by atoms with Crippen LogP contribution in [0.5, 0.6) is 0 Å². The van der Waals surface area contributed by atoms with Crippen LogP contribution in [0.25, 0.3) is 0 Å². The second kappa shape index (κ2) is 14.9. The maximum atomic E-state index is 12.6. The van der Waals surface area contributed by atoms with E-state index in [4.69, 9.17) is 23.7 Å². The van der Waals surface area contributed by atoms with Crippen molar-refractivity contribution in [3.8, 4) is 0 Å². The fraction of sp³-hybridized carbons (Fsp3) is 0.351. The lowest BCUT2D eigenvalue weighted by Crippen LogP contribution is -2.80. The summed E-state index contributed by atoms with van der Waals surface area (Å²) in [6, 6.07) is 39.9. The Bertz CT molecular complexity index is 1350. The van der Waals surface area contributed by atoms with Gasteiger partial charge in [0.2, 0.25) is 0 Å². The van der Waals surface area contributed by atoms with Crippen LogP contribution >= 0.6 is 0 Å². The SMILES string of the molecule is CC1(C)O[C@H]([C@H](COCc2ccccc2)OCc2ccccc2)[C@@]1(O)[C@H](COCc1ccccc1)OCc1ccccc1. The molecule has 0 bridgehead atoms. The lowest BCUT2D eigenvalue weighted by Gasteiger charge is -2.62. The van der Waals surface area contributed by atoms with Crippen LogP contribution < -0.4 is 0 Å².